The fourth-order valence-electron chi connectivity index (χ4n) is 1.94. The van der Waals surface area contributed by atoms with Gasteiger partial charge >= 0.3 is 0 Å². The fourth-order valence-corrected chi connectivity index (χ4v) is 2.93. The van der Waals surface area contributed by atoms with Crippen molar-refractivity contribution >= 4 is 11.3 Å². The molecule has 0 unspecified atom stereocenters. The molecule has 14 heavy (non-hydrogen) atoms. The van der Waals surface area contributed by atoms with E-state index in [0.717, 1.165) is 18.9 Å². The molecular weight excluding hydrogens is 192 g/mol. The smallest absolute Gasteiger partial charge is 0.0959 e. The molecule has 1 aromatic rings. The summed E-state index contributed by atoms with van der Waals surface area (Å²) in [5.74, 6) is 0.807. The molecule has 2 aliphatic rings. The third kappa shape index (κ3) is 1.59. The lowest BCUT2D eigenvalue weighted by molar-refractivity contribution is 0.515. The van der Waals surface area contributed by atoms with Gasteiger partial charge in [0.05, 0.1) is 10.7 Å². The Morgan fingerprint density at radius 2 is 2.29 bits per heavy atom. The summed E-state index contributed by atoms with van der Waals surface area (Å²) >= 11 is 1.85. The molecule has 76 valence electrons. The minimum atomic E-state index is 0.439. The zero-order valence-electron chi connectivity index (χ0n) is 8.33. The van der Waals surface area contributed by atoms with Crippen molar-refractivity contribution in [3.05, 3.63) is 16.1 Å². The summed E-state index contributed by atoms with van der Waals surface area (Å²) in [5, 5.41) is 3.61. The van der Waals surface area contributed by atoms with Gasteiger partial charge < -0.3 is 5.73 Å². The number of hydrogen-bond donors (Lipinski definition) is 1. The summed E-state index contributed by atoms with van der Waals surface area (Å²) in [6.45, 7) is 0.837. The molecule has 3 heteroatoms. The maximum Gasteiger partial charge on any atom is 0.0959 e. The molecule has 0 bridgehead atoms. The monoisotopic (exact) mass is 208 g/mol. The number of nitrogens with two attached hydrogens (primary N) is 1. The standard InChI is InChI=1S/C11H16N2S/c12-7-11(3-4-11)5-9-6-14-10(13-9)8-1-2-8/h6,8H,1-5,7,12H2. The van der Waals surface area contributed by atoms with Gasteiger partial charge in [-0.3, -0.25) is 0 Å². The van der Waals surface area contributed by atoms with Gasteiger partial charge in [0.2, 0.25) is 0 Å². The molecule has 2 saturated carbocycles. The molecule has 2 nitrogen and oxygen atoms in total. The molecular formula is C11H16N2S. The molecule has 0 aliphatic heterocycles. The molecule has 0 atom stereocenters. The van der Waals surface area contributed by atoms with Gasteiger partial charge in [-0.2, -0.15) is 0 Å². The Bertz CT molecular complexity index is 337. The Balaban J connectivity index is 1.70. The molecule has 0 amide bonds. The largest absolute Gasteiger partial charge is 0.330 e. The van der Waals surface area contributed by atoms with E-state index in [1.807, 2.05) is 11.3 Å². The Hall–Kier alpha value is -0.410. The van der Waals surface area contributed by atoms with Crippen LogP contribution in [0.1, 0.15) is 42.3 Å². The highest BCUT2D eigenvalue weighted by Gasteiger charge is 2.41. The van der Waals surface area contributed by atoms with Crippen LogP contribution in [0.5, 0.6) is 0 Å². The van der Waals surface area contributed by atoms with Gasteiger partial charge in [0.1, 0.15) is 0 Å². The molecule has 2 fully saturated rings. The van der Waals surface area contributed by atoms with Crippen LogP contribution in [0, 0.1) is 5.41 Å². The second kappa shape index (κ2) is 3.04. The van der Waals surface area contributed by atoms with Crippen LogP contribution in [0.2, 0.25) is 0 Å². The topological polar surface area (TPSA) is 38.9 Å². The number of thiazole rings is 1. The van der Waals surface area contributed by atoms with Crippen LogP contribution in [0.15, 0.2) is 5.38 Å². The van der Waals surface area contributed by atoms with E-state index in [9.17, 15) is 0 Å². The second-order valence-corrected chi connectivity index (χ2v) is 5.72. The minimum absolute atomic E-state index is 0.439. The van der Waals surface area contributed by atoms with Crippen molar-refractivity contribution in [3.8, 4) is 0 Å². The Labute approximate surface area is 88.5 Å². The van der Waals surface area contributed by atoms with Gasteiger partial charge in [0.15, 0.2) is 0 Å². The predicted molar refractivity (Wildman–Crippen MR) is 58.5 cm³/mol. The summed E-state index contributed by atoms with van der Waals surface area (Å²) in [4.78, 5) is 4.71. The lowest BCUT2D eigenvalue weighted by Crippen LogP contribution is -2.18. The summed E-state index contributed by atoms with van der Waals surface area (Å²) in [6.07, 6.45) is 6.44. The van der Waals surface area contributed by atoms with Crippen molar-refractivity contribution < 1.29 is 0 Å². The van der Waals surface area contributed by atoms with Crippen molar-refractivity contribution in [2.24, 2.45) is 11.1 Å². The number of rotatable bonds is 4. The number of nitrogens with zero attached hydrogens (tertiary/aromatic N) is 1. The lowest BCUT2D eigenvalue weighted by Gasteiger charge is -2.08. The van der Waals surface area contributed by atoms with Crippen LogP contribution >= 0.6 is 11.3 Å². The van der Waals surface area contributed by atoms with Crippen LogP contribution in [-0.4, -0.2) is 11.5 Å². The van der Waals surface area contributed by atoms with Crippen molar-refractivity contribution in [3.63, 3.8) is 0 Å². The van der Waals surface area contributed by atoms with Crippen LogP contribution in [-0.2, 0) is 6.42 Å². The third-order valence-corrected chi connectivity index (χ3v) is 4.50. The van der Waals surface area contributed by atoms with E-state index in [1.165, 1.54) is 36.4 Å². The molecule has 0 spiro atoms. The highest BCUT2D eigenvalue weighted by atomic mass is 32.1. The molecule has 2 aliphatic carbocycles. The van der Waals surface area contributed by atoms with E-state index in [0.29, 0.717) is 5.41 Å². The van der Waals surface area contributed by atoms with Crippen molar-refractivity contribution in [2.45, 2.75) is 38.0 Å². The van der Waals surface area contributed by atoms with E-state index < -0.39 is 0 Å². The molecule has 3 rings (SSSR count). The quantitative estimate of drug-likeness (QED) is 0.824. The molecule has 1 aromatic heterocycles. The Kier molecular flexibility index (Phi) is 1.92. The highest BCUT2D eigenvalue weighted by Crippen LogP contribution is 2.48. The summed E-state index contributed by atoms with van der Waals surface area (Å²) in [7, 11) is 0. The van der Waals surface area contributed by atoms with E-state index >= 15 is 0 Å². The molecule has 0 radical (unpaired) electrons. The SMILES string of the molecule is NCC1(Cc2csc(C3CC3)n2)CC1. The van der Waals surface area contributed by atoms with Crippen molar-refractivity contribution in [1.82, 2.24) is 4.98 Å². The van der Waals surface area contributed by atoms with Crippen molar-refractivity contribution in [1.29, 1.82) is 0 Å². The number of aromatic nitrogens is 1. The number of hydrogen-bond acceptors (Lipinski definition) is 3. The van der Waals surface area contributed by atoms with Gasteiger partial charge in [-0.25, -0.2) is 4.98 Å². The normalized spacial score (nSPS) is 23.8. The minimum Gasteiger partial charge on any atom is -0.330 e. The average molecular weight is 208 g/mol. The van der Waals surface area contributed by atoms with Crippen molar-refractivity contribution in [2.75, 3.05) is 6.54 Å². The zero-order chi connectivity index (χ0) is 9.60. The summed E-state index contributed by atoms with van der Waals surface area (Å²) < 4.78 is 0. The van der Waals surface area contributed by atoms with E-state index in [4.69, 9.17) is 10.7 Å². The van der Waals surface area contributed by atoms with Crippen LogP contribution < -0.4 is 5.73 Å². The maximum absolute atomic E-state index is 5.77. The lowest BCUT2D eigenvalue weighted by atomic mass is 10.0. The molecule has 0 aromatic carbocycles. The third-order valence-electron chi connectivity index (χ3n) is 3.44. The second-order valence-electron chi connectivity index (χ2n) is 4.83. The molecule has 0 saturated heterocycles. The average Bonchev–Trinajstić information content (AvgIpc) is 3.09. The van der Waals surface area contributed by atoms with E-state index in [2.05, 4.69) is 5.38 Å². The van der Waals surface area contributed by atoms with Gasteiger partial charge in [-0.05, 0) is 44.1 Å². The van der Waals surface area contributed by atoms with E-state index in [-0.39, 0.29) is 0 Å². The molecule has 2 N–H and O–H groups in total. The van der Waals surface area contributed by atoms with Crippen LogP contribution in [0.25, 0.3) is 0 Å². The fraction of sp³-hybridized carbons (Fsp3) is 0.727. The molecule has 1 heterocycles. The maximum atomic E-state index is 5.77. The first-order valence-electron chi connectivity index (χ1n) is 5.46. The first-order chi connectivity index (χ1) is 6.81. The first-order valence-corrected chi connectivity index (χ1v) is 6.34. The summed E-state index contributed by atoms with van der Waals surface area (Å²) in [6, 6.07) is 0. The Morgan fingerprint density at radius 1 is 1.50 bits per heavy atom. The van der Waals surface area contributed by atoms with Crippen LogP contribution in [0.3, 0.4) is 0 Å². The van der Waals surface area contributed by atoms with Gasteiger partial charge in [0.25, 0.3) is 0 Å². The zero-order valence-corrected chi connectivity index (χ0v) is 9.15. The Morgan fingerprint density at radius 3 is 2.86 bits per heavy atom. The van der Waals surface area contributed by atoms with Gasteiger partial charge in [-0.1, -0.05) is 0 Å². The van der Waals surface area contributed by atoms with E-state index in [1.54, 1.807) is 0 Å². The summed E-state index contributed by atoms with van der Waals surface area (Å²) in [5.41, 5.74) is 7.50. The highest BCUT2D eigenvalue weighted by molar-refractivity contribution is 7.09. The van der Waals surface area contributed by atoms with Crippen LogP contribution in [0.4, 0.5) is 0 Å². The predicted octanol–water partition coefficient (Wildman–Crippen LogP) is 2.30. The van der Waals surface area contributed by atoms with Gasteiger partial charge in [0, 0.05) is 11.3 Å². The van der Waals surface area contributed by atoms with Gasteiger partial charge in [-0.15, -0.1) is 11.3 Å². The first kappa shape index (κ1) is 8.86.